The van der Waals surface area contributed by atoms with Gasteiger partial charge in [-0.3, -0.25) is 4.79 Å². The Morgan fingerprint density at radius 1 is 1.10 bits per heavy atom. The third kappa shape index (κ3) is 4.17. The molecular formula is C24H30N2O4S. The zero-order chi connectivity index (χ0) is 21.6. The third-order valence-electron chi connectivity index (χ3n) is 7.57. The number of rotatable bonds is 7. The maximum Gasteiger partial charge on any atom is 0.251 e. The molecule has 0 radical (unpaired) electrons. The summed E-state index contributed by atoms with van der Waals surface area (Å²) in [6, 6.07) is 8.13. The highest BCUT2D eigenvalue weighted by Crippen LogP contribution is 2.59. The summed E-state index contributed by atoms with van der Waals surface area (Å²) in [6.07, 6.45) is 9.30. The minimum Gasteiger partial charge on any atom is -0.468 e. The van der Waals surface area contributed by atoms with Crippen molar-refractivity contribution in [3.8, 4) is 0 Å². The number of amides is 1. The van der Waals surface area contributed by atoms with E-state index in [2.05, 4.69) is 10.0 Å². The third-order valence-corrected chi connectivity index (χ3v) is 8.97. The van der Waals surface area contributed by atoms with Crippen molar-refractivity contribution in [1.82, 2.24) is 10.0 Å². The standard InChI is InChI=1S/C24H30N2O4S/c1-16-4-5-21(31(28,29)26-14-20-3-2-6-30-20)10-22(16)23(27)25-15-24-11-17-7-18(12-24)9-19(8-17)13-24/h2-6,10,17-19,26H,7-9,11-15H2,1H3,(H,25,27). The van der Waals surface area contributed by atoms with E-state index in [1.54, 1.807) is 18.2 Å². The predicted molar refractivity (Wildman–Crippen MR) is 117 cm³/mol. The Bertz CT molecular complexity index is 1040. The highest BCUT2D eigenvalue weighted by atomic mass is 32.2. The molecule has 1 aromatic heterocycles. The van der Waals surface area contributed by atoms with Crippen molar-refractivity contribution in [3.05, 3.63) is 53.5 Å². The van der Waals surface area contributed by atoms with Crippen LogP contribution in [0.15, 0.2) is 45.9 Å². The number of benzene rings is 1. The molecule has 4 aliphatic rings. The van der Waals surface area contributed by atoms with Crippen molar-refractivity contribution < 1.29 is 17.6 Å². The molecule has 0 spiro atoms. The van der Waals surface area contributed by atoms with E-state index in [4.69, 9.17) is 4.42 Å². The van der Waals surface area contributed by atoms with Gasteiger partial charge in [0.15, 0.2) is 0 Å². The molecule has 31 heavy (non-hydrogen) atoms. The zero-order valence-corrected chi connectivity index (χ0v) is 18.7. The fraction of sp³-hybridized carbons (Fsp3) is 0.542. The molecule has 4 fully saturated rings. The van der Waals surface area contributed by atoms with E-state index in [9.17, 15) is 13.2 Å². The largest absolute Gasteiger partial charge is 0.468 e. The second kappa shape index (κ2) is 7.78. The molecule has 0 aliphatic heterocycles. The summed E-state index contributed by atoms with van der Waals surface area (Å²) >= 11 is 0. The van der Waals surface area contributed by atoms with Crippen LogP contribution >= 0.6 is 0 Å². The Balaban J connectivity index is 1.28. The van der Waals surface area contributed by atoms with Gasteiger partial charge in [0.05, 0.1) is 17.7 Å². The Morgan fingerprint density at radius 2 is 1.77 bits per heavy atom. The lowest BCUT2D eigenvalue weighted by molar-refractivity contribution is -0.0503. The summed E-state index contributed by atoms with van der Waals surface area (Å²) < 4.78 is 33.2. The van der Waals surface area contributed by atoms with E-state index in [1.807, 2.05) is 6.92 Å². The molecule has 1 aromatic carbocycles. The number of hydrogen-bond donors (Lipinski definition) is 2. The summed E-state index contributed by atoms with van der Waals surface area (Å²) in [5.74, 6) is 2.84. The van der Waals surface area contributed by atoms with Crippen molar-refractivity contribution in [3.63, 3.8) is 0 Å². The van der Waals surface area contributed by atoms with Gasteiger partial charge in [0.2, 0.25) is 10.0 Å². The minimum atomic E-state index is -3.75. The number of carbonyl (C=O) groups excluding carboxylic acids is 1. The Hall–Kier alpha value is -2.12. The van der Waals surface area contributed by atoms with Crippen LogP contribution in [-0.4, -0.2) is 20.9 Å². The van der Waals surface area contributed by atoms with Gasteiger partial charge in [0.1, 0.15) is 5.76 Å². The maximum absolute atomic E-state index is 13.0. The average Bonchev–Trinajstić information content (AvgIpc) is 3.24. The Kier molecular flexibility index (Phi) is 5.21. The van der Waals surface area contributed by atoms with Gasteiger partial charge in [-0.25, -0.2) is 13.1 Å². The molecule has 0 atom stereocenters. The van der Waals surface area contributed by atoms with Gasteiger partial charge in [-0.2, -0.15) is 0 Å². The van der Waals surface area contributed by atoms with E-state index in [1.165, 1.54) is 56.9 Å². The fourth-order valence-electron chi connectivity index (χ4n) is 6.55. The monoisotopic (exact) mass is 442 g/mol. The van der Waals surface area contributed by atoms with Gasteiger partial charge in [0, 0.05) is 12.1 Å². The van der Waals surface area contributed by atoms with Gasteiger partial charge in [-0.05, 0) is 98.4 Å². The summed E-state index contributed by atoms with van der Waals surface area (Å²) in [5.41, 5.74) is 1.44. The van der Waals surface area contributed by atoms with Crippen molar-refractivity contribution in [2.45, 2.75) is 56.9 Å². The highest BCUT2D eigenvalue weighted by molar-refractivity contribution is 7.89. The Morgan fingerprint density at radius 3 is 2.39 bits per heavy atom. The lowest BCUT2D eigenvalue weighted by atomic mass is 9.49. The van der Waals surface area contributed by atoms with Crippen LogP contribution in [0.2, 0.25) is 0 Å². The molecular weight excluding hydrogens is 412 g/mol. The molecule has 166 valence electrons. The van der Waals surface area contributed by atoms with Crippen LogP contribution in [0.1, 0.15) is 60.2 Å². The average molecular weight is 443 g/mol. The summed E-state index contributed by atoms with van der Waals surface area (Å²) in [7, 11) is -3.75. The van der Waals surface area contributed by atoms with Crippen molar-refractivity contribution in [2.75, 3.05) is 6.54 Å². The van der Waals surface area contributed by atoms with Crippen LogP contribution in [0.3, 0.4) is 0 Å². The van der Waals surface area contributed by atoms with Crippen molar-refractivity contribution >= 4 is 15.9 Å². The molecule has 2 aromatic rings. The van der Waals surface area contributed by atoms with Crippen LogP contribution < -0.4 is 10.0 Å². The van der Waals surface area contributed by atoms with E-state index >= 15 is 0 Å². The first kappa shape index (κ1) is 20.8. The molecule has 2 N–H and O–H groups in total. The molecule has 4 saturated carbocycles. The van der Waals surface area contributed by atoms with Crippen LogP contribution in [0, 0.1) is 30.1 Å². The molecule has 6 nitrogen and oxygen atoms in total. The quantitative estimate of drug-likeness (QED) is 0.678. The number of carbonyl (C=O) groups is 1. The molecule has 6 rings (SSSR count). The van der Waals surface area contributed by atoms with Crippen LogP contribution in [0.5, 0.6) is 0 Å². The number of furan rings is 1. The van der Waals surface area contributed by atoms with Crippen LogP contribution in [0.25, 0.3) is 0 Å². The zero-order valence-electron chi connectivity index (χ0n) is 17.9. The normalized spacial score (nSPS) is 29.3. The molecule has 4 bridgehead atoms. The SMILES string of the molecule is Cc1ccc(S(=O)(=O)NCc2ccco2)cc1C(=O)NCC12CC3CC(CC(C3)C1)C2. The fourth-order valence-corrected chi connectivity index (χ4v) is 7.56. The molecule has 0 unspecified atom stereocenters. The first-order chi connectivity index (χ1) is 14.8. The summed E-state index contributed by atoms with van der Waals surface area (Å²) in [4.78, 5) is 13.1. The molecule has 7 heteroatoms. The topological polar surface area (TPSA) is 88.4 Å². The number of sulfonamides is 1. The van der Waals surface area contributed by atoms with Gasteiger partial charge >= 0.3 is 0 Å². The summed E-state index contributed by atoms with van der Waals surface area (Å²) in [6.45, 7) is 2.60. The van der Waals surface area contributed by atoms with Gasteiger partial charge in [-0.15, -0.1) is 0 Å². The number of hydrogen-bond acceptors (Lipinski definition) is 4. The second-order valence-corrected chi connectivity index (χ2v) is 11.7. The second-order valence-electron chi connectivity index (χ2n) is 9.98. The van der Waals surface area contributed by atoms with Gasteiger partial charge < -0.3 is 9.73 Å². The van der Waals surface area contributed by atoms with Crippen molar-refractivity contribution in [2.24, 2.45) is 23.2 Å². The minimum absolute atomic E-state index is 0.0662. The lowest BCUT2D eigenvalue weighted by Gasteiger charge is -2.56. The van der Waals surface area contributed by atoms with E-state index in [0.29, 0.717) is 17.9 Å². The molecule has 0 saturated heterocycles. The summed E-state index contributed by atoms with van der Waals surface area (Å²) in [5, 5.41) is 3.16. The van der Waals surface area contributed by atoms with Crippen LogP contribution in [0.4, 0.5) is 0 Å². The highest BCUT2D eigenvalue weighted by Gasteiger charge is 2.50. The molecule has 1 amide bonds. The lowest BCUT2D eigenvalue weighted by Crippen LogP contribution is -2.51. The Labute approximate surface area is 183 Å². The van der Waals surface area contributed by atoms with Crippen molar-refractivity contribution in [1.29, 1.82) is 0 Å². The van der Waals surface area contributed by atoms with E-state index in [0.717, 1.165) is 23.3 Å². The first-order valence-corrected chi connectivity index (χ1v) is 12.7. The predicted octanol–water partition coefficient (Wildman–Crippen LogP) is 4.01. The number of nitrogens with one attached hydrogen (secondary N) is 2. The van der Waals surface area contributed by atoms with Crippen LogP contribution in [-0.2, 0) is 16.6 Å². The molecule has 4 aliphatic carbocycles. The maximum atomic E-state index is 13.0. The first-order valence-electron chi connectivity index (χ1n) is 11.2. The van der Waals surface area contributed by atoms with E-state index < -0.39 is 10.0 Å². The molecule has 1 heterocycles. The van der Waals surface area contributed by atoms with Gasteiger partial charge in [0.25, 0.3) is 5.91 Å². The smallest absolute Gasteiger partial charge is 0.251 e. The number of aryl methyl sites for hydroxylation is 1. The van der Waals surface area contributed by atoms with Gasteiger partial charge in [-0.1, -0.05) is 6.07 Å². The van der Waals surface area contributed by atoms with E-state index in [-0.39, 0.29) is 22.8 Å².